The number of Topliss-reactive ketones (excluding diaryl/α,β-unsaturated/α-hetero) is 1. The highest BCUT2D eigenvalue weighted by Gasteiger charge is 2.24. The second-order valence-corrected chi connectivity index (χ2v) is 3.90. The Bertz CT molecular complexity index is 242. The molecule has 0 bridgehead atoms. The smallest absolute Gasteiger partial charge is 0.188 e. The molecule has 1 aliphatic carbocycles. The molecule has 2 rings (SSSR count). The Morgan fingerprint density at radius 3 is 3.07 bits per heavy atom. The van der Waals surface area contributed by atoms with Gasteiger partial charge in [-0.25, -0.2) is 0 Å². The van der Waals surface area contributed by atoms with Crippen LogP contribution in [0.3, 0.4) is 0 Å². The molecule has 0 aromatic heterocycles. The van der Waals surface area contributed by atoms with Crippen LogP contribution in [-0.2, 0) is 9.53 Å². The quantitative estimate of drug-likeness (QED) is 0.715. The molecule has 78 valence electrons. The molecule has 1 N–H and O–H groups in total. The normalized spacial score (nSPS) is 28.3. The van der Waals surface area contributed by atoms with Crippen molar-refractivity contribution >= 4 is 5.78 Å². The lowest BCUT2D eigenvalue weighted by Crippen LogP contribution is -2.43. The third-order valence-corrected chi connectivity index (χ3v) is 2.83. The summed E-state index contributed by atoms with van der Waals surface area (Å²) in [5, 5.41) is 3.18. The maximum absolute atomic E-state index is 11.9. The lowest BCUT2D eigenvalue weighted by molar-refractivity contribution is -0.128. The Balaban J connectivity index is 1.95. The molecule has 0 aromatic carbocycles. The van der Waals surface area contributed by atoms with Crippen molar-refractivity contribution in [3.8, 4) is 0 Å². The van der Waals surface area contributed by atoms with Crippen molar-refractivity contribution in [3.63, 3.8) is 0 Å². The van der Waals surface area contributed by atoms with Gasteiger partial charge in [-0.3, -0.25) is 4.79 Å². The van der Waals surface area contributed by atoms with Crippen LogP contribution in [0.25, 0.3) is 0 Å². The Morgan fingerprint density at radius 2 is 2.43 bits per heavy atom. The molecule has 3 heteroatoms. The van der Waals surface area contributed by atoms with Gasteiger partial charge >= 0.3 is 0 Å². The van der Waals surface area contributed by atoms with Crippen LogP contribution in [-0.4, -0.2) is 31.6 Å². The topological polar surface area (TPSA) is 38.3 Å². The molecule has 1 atom stereocenters. The van der Waals surface area contributed by atoms with Crippen molar-refractivity contribution in [2.45, 2.75) is 31.8 Å². The van der Waals surface area contributed by atoms with Crippen molar-refractivity contribution in [2.75, 3.05) is 19.7 Å². The predicted molar refractivity (Wildman–Crippen MR) is 54.2 cm³/mol. The summed E-state index contributed by atoms with van der Waals surface area (Å²) in [5.74, 6) is 0.205. The second-order valence-electron chi connectivity index (χ2n) is 3.90. The summed E-state index contributed by atoms with van der Waals surface area (Å²) in [7, 11) is 0. The first-order valence-corrected chi connectivity index (χ1v) is 5.43. The first-order valence-electron chi connectivity index (χ1n) is 5.43. The Hall–Kier alpha value is -0.670. The zero-order chi connectivity index (χ0) is 9.80. The number of hydrogen-bond acceptors (Lipinski definition) is 3. The summed E-state index contributed by atoms with van der Waals surface area (Å²) in [6.45, 7) is 2.20. The number of carbonyl (C=O) groups excluding carboxylic acids is 1. The summed E-state index contributed by atoms with van der Waals surface area (Å²) < 4.78 is 5.44. The van der Waals surface area contributed by atoms with Crippen molar-refractivity contribution in [1.29, 1.82) is 0 Å². The molecule has 0 spiro atoms. The third kappa shape index (κ3) is 2.22. The highest BCUT2D eigenvalue weighted by molar-refractivity contribution is 5.99. The van der Waals surface area contributed by atoms with Gasteiger partial charge in [0.2, 0.25) is 0 Å². The molecule has 14 heavy (non-hydrogen) atoms. The molecule has 1 heterocycles. The van der Waals surface area contributed by atoms with Gasteiger partial charge in [0.1, 0.15) is 6.10 Å². The van der Waals surface area contributed by atoms with Crippen molar-refractivity contribution in [3.05, 3.63) is 11.6 Å². The summed E-state index contributed by atoms with van der Waals surface area (Å²) in [6.07, 6.45) is 6.23. The number of nitrogens with one attached hydrogen (secondary N) is 1. The Labute approximate surface area is 84.5 Å². The predicted octanol–water partition coefficient (Wildman–Crippen LogP) is 1.04. The van der Waals surface area contributed by atoms with Crippen LogP contribution < -0.4 is 5.32 Å². The fraction of sp³-hybridized carbons (Fsp3) is 0.727. The van der Waals surface area contributed by atoms with E-state index in [-0.39, 0.29) is 11.9 Å². The molecule has 1 aliphatic heterocycles. The summed E-state index contributed by atoms with van der Waals surface area (Å²) in [5.41, 5.74) is 0.991. The number of carbonyl (C=O) groups is 1. The number of hydrogen-bond donors (Lipinski definition) is 1. The fourth-order valence-electron chi connectivity index (χ4n) is 2.00. The van der Waals surface area contributed by atoms with Crippen LogP contribution in [0.4, 0.5) is 0 Å². The van der Waals surface area contributed by atoms with Gasteiger partial charge in [-0.15, -0.1) is 0 Å². The number of ether oxygens (including phenoxy) is 1. The van der Waals surface area contributed by atoms with E-state index < -0.39 is 0 Å². The Kier molecular flexibility index (Phi) is 3.32. The summed E-state index contributed by atoms with van der Waals surface area (Å²) in [4.78, 5) is 11.9. The first-order chi connectivity index (χ1) is 6.88. The maximum Gasteiger partial charge on any atom is 0.188 e. The van der Waals surface area contributed by atoms with Crippen molar-refractivity contribution in [2.24, 2.45) is 0 Å². The minimum atomic E-state index is -0.229. The van der Waals surface area contributed by atoms with E-state index in [1.807, 2.05) is 0 Å². The molecule has 0 aromatic rings. The number of allylic oxidation sites excluding steroid dienone is 1. The maximum atomic E-state index is 11.9. The molecule has 3 nitrogen and oxygen atoms in total. The standard InChI is InChI=1S/C11H17NO2/c13-11(9-4-2-1-3-5-9)10-8-12-6-7-14-10/h4,10,12H,1-3,5-8H2. The largest absolute Gasteiger partial charge is 0.367 e. The van der Waals surface area contributed by atoms with Crippen LogP contribution in [0.5, 0.6) is 0 Å². The van der Waals surface area contributed by atoms with Gasteiger partial charge in [-0.05, 0) is 31.3 Å². The minimum absolute atomic E-state index is 0.205. The van der Waals surface area contributed by atoms with Crippen molar-refractivity contribution in [1.82, 2.24) is 5.32 Å². The second kappa shape index (κ2) is 4.71. The van der Waals surface area contributed by atoms with Crippen LogP contribution in [0.15, 0.2) is 11.6 Å². The van der Waals surface area contributed by atoms with E-state index in [2.05, 4.69) is 11.4 Å². The van der Waals surface area contributed by atoms with Crippen LogP contribution in [0, 0.1) is 0 Å². The lowest BCUT2D eigenvalue weighted by Gasteiger charge is -2.24. The minimum Gasteiger partial charge on any atom is -0.367 e. The molecule has 0 amide bonds. The van der Waals surface area contributed by atoms with Crippen LogP contribution in [0.2, 0.25) is 0 Å². The summed E-state index contributed by atoms with van der Waals surface area (Å²) in [6, 6.07) is 0. The van der Waals surface area contributed by atoms with E-state index in [1.165, 1.54) is 6.42 Å². The highest BCUT2D eigenvalue weighted by Crippen LogP contribution is 2.20. The van der Waals surface area contributed by atoms with Gasteiger partial charge in [0.25, 0.3) is 0 Å². The van der Waals surface area contributed by atoms with E-state index in [9.17, 15) is 4.79 Å². The van der Waals surface area contributed by atoms with Crippen molar-refractivity contribution < 1.29 is 9.53 Å². The number of ketones is 1. The van der Waals surface area contributed by atoms with Gasteiger partial charge in [0, 0.05) is 13.1 Å². The SMILES string of the molecule is O=C(C1=CCCCC1)C1CNCCO1. The van der Waals surface area contributed by atoms with E-state index in [0.717, 1.165) is 31.4 Å². The van der Waals surface area contributed by atoms with Gasteiger partial charge in [-0.1, -0.05) is 6.08 Å². The monoisotopic (exact) mass is 195 g/mol. The molecule has 0 saturated carbocycles. The fourth-order valence-corrected chi connectivity index (χ4v) is 2.00. The summed E-state index contributed by atoms with van der Waals surface area (Å²) >= 11 is 0. The van der Waals surface area contributed by atoms with E-state index >= 15 is 0 Å². The zero-order valence-electron chi connectivity index (χ0n) is 8.42. The average Bonchev–Trinajstić information content (AvgIpc) is 2.30. The molecular weight excluding hydrogens is 178 g/mol. The van der Waals surface area contributed by atoms with Crippen LogP contribution >= 0.6 is 0 Å². The van der Waals surface area contributed by atoms with Gasteiger partial charge < -0.3 is 10.1 Å². The molecule has 0 radical (unpaired) electrons. The van der Waals surface area contributed by atoms with E-state index in [4.69, 9.17) is 4.74 Å². The van der Waals surface area contributed by atoms with Gasteiger partial charge in [0.05, 0.1) is 6.61 Å². The highest BCUT2D eigenvalue weighted by atomic mass is 16.5. The third-order valence-electron chi connectivity index (χ3n) is 2.83. The van der Waals surface area contributed by atoms with E-state index in [1.54, 1.807) is 0 Å². The Morgan fingerprint density at radius 1 is 1.50 bits per heavy atom. The van der Waals surface area contributed by atoms with Crippen LogP contribution in [0.1, 0.15) is 25.7 Å². The lowest BCUT2D eigenvalue weighted by atomic mass is 9.94. The molecule has 1 unspecified atom stereocenters. The molecular formula is C11H17NO2. The molecule has 2 aliphatic rings. The van der Waals surface area contributed by atoms with E-state index in [0.29, 0.717) is 13.2 Å². The first kappa shape index (κ1) is 9.87. The zero-order valence-corrected chi connectivity index (χ0v) is 8.42. The molecule has 1 fully saturated rings. The average molecular weight is 195 g/mol. The van der Waals surface area contributed by atoms with Gasteiger partial charge in [0.15, 0.2) is 5.78 Å². The van der Waals surface area contributed by atoms with Gasteiger partial charge in [-0.2, -0.15) is 0 Å². The number of morpholine rings is 1. The molecule has 1 saturated heterocycles. The number of rotatable bonds is 2.